The van der Waals surface area contributed by atoms with E-state index in [0.717, 1.165) is 35.7 Å². The number of pyridine rings is 1. The van der Waals surface area contributed by atoms with Crippen LogP contribution < -0.4 is 4.90 Å². The number of aromatic nitrogens is 1. The lowest BCUT2D eigenvalue weighted by Gasteiger charge is -2.18. The Morgan fingerprint density at radius 3 is 2.80 bits per heavy atom. The number of aryl methyl sites for hydroxylation is 1. The average Bonchev–Trinajstić information content (AvgIpc) is 2.22. The lowest BCUT2D eigenvalue weighted by Crippen LogP contribution is -2.23. The Morgan fingerprint density at radius 1 is 1.47 bits per heavy atom. The van der Waals surface area contributed by atoms with Gasteiger partial charge in [0, 0.05) is 24.7 Å². The fourth-order valence-corrected chi connectivity index (χ4v) is 1.42. The standard InChI is InChI=1S/C11H17BrN2O/c1-4-15-8-7-14(3)11-6-5-10(12)9(2)13-11/h5-6H,4,7-8H2,1-3H3. The van der Waals surface area contributed by atoms with Crippen molar-refractivity contribution in [2.75, 3.05) is 31.7 Å². The topological polar surface area (TPSA) is 25.4 Å². The summed E-state index contributed by atoms with van der Waals surface area (Å²) in [6, 6.07) is 4.03. The molecule has 0 saturated carbocycles. The van der Waals surface area contributed by atoms with Crippen molar-refractivity contribution >= 4 is 21.7 Å². The number of likely N-dealkylation sites (N-methyl/N-ethyl adjacent to an activating group) is 1. The van der Waals surface area contributed by atoms with E-state index in [1.165, 1.54) is 0 Å². The van der Waals surface area contributed by atoms with Crippen molar-refractivity contribution in [3.63, 3.8) is 0 Å². The first-order valence-corrected chi connectivity index (χ1v) is 5.86. The molecule has 0 N–H and O–H groups in total. The molecule has 1 aromatic rings. The van der Waals surface area contributed by atoms with E-state index in [9.17, 15) is 0 Å². The molecule has 0 spiro atoms. The minimum absolute atomic E-state index is 0.740. The summed E-state index contributed by atoms with van der Waals surface area (Å²) in [6.07, 6.45) is 0. The van der Waals surface area contributed by atoms with Gasteiger partial charge in [-0.05, 0) is 41.9 Å². The first kappa shape index (κ1) is 12.5. The van der Waals surface area contributed by atoms with Crippen LogP contribution in [0.5, 0.6) is 0 Å². The van der Waals surface area contributed by atoms with Crippen LogP contribution in [0.2, 0.25) is 0 Å². The van der Waals surface area contributed by atoms with Crippen LogP contribution in [0.4, 0.5) is 5.82 Å². The molecule has 0 fully saturated rings. The van der Waals surface area contributed by atoms with Gasteiger partial charge in [-0.2, -0.15) is 0 Å². The molecule has 3 nitrogen and oxygen atoms in total. The van der Waals surface area contributed by atoms with E-state index in [1.807, 2.05) is 33.0 Å². The first-order chi connectivity index (χ1) is 7.15. The highest BCUT2D eigenvalue weighted by molar-refractivity contribution is 9.10. The van der Waals surface area contributed by atoms with Gasteiger partial charge in [-0.25, -0.2) is 4.98 Å². The zero-order valence-corrected chi connectivity index (χ0v) is 11.0. The van der Waals surface area contributed by atoms with E-state index in [0.29, 0.717) is 0 Å². The van der Waals surface area contributed by atoms with Gasteiger partial charge in [0.2, 0.25) is 0 Å². The summed E-state index contributed by atoms with van der Waals surface area (Å²) < 4.78 is 6.35. The fraction of sp³-hybridized carbons (Fsp3) is 0.545. The van der Waals surface area contributed by atoms with E-state index in [1.54, 1.807) is 0 Å². The maximum atomic E-state index is 5.30. The van der Waals surface area contributed by atoms with Crippen molar-refractivity contribution in [1.82, 2.24) is 4.98 Å². The highest BCUT2D eigenvalue weighted by atomic mass is 79.9. The largest absolute Gasteiger partial charge is 0.380 e. The van der Waals surface area contributed by atoms with Gasteiger partial charge in [-0.15, -0.1) is 0 Å². The summed E-state index contributed by atoms with van der Waals surface area (Å²) in [4.78, 5) is 6.57. The second-order valence-corrected chi connectivity index (χ2v) is 4.21. The third-order valence-corrected chi connectivity index (χ3v) is 3.01. The molecule has 0 aliphatic carbocycles. The first-order valence-electron chi connectivity index (χ1n) is 5.07. The molecule has 15 heavy (non-hydrogen) atoms. The fourth-order valence-electron chi connectivity index (χ4n) is 1.20. The Morgan fingerprint density at radius 2 is 2.20 bits per heavy atom. The van der Waals surface area contributed by atoms with Gasteiger partial charge in [0.15, 0.2) is 0 Å². The van der Waals surface area contributed by atoms with Crippen molar-refractivity contribution in [2.24, 2.45) is 0 Å². The van der Waals surface area contributed by atoms with Crippen LogP contribution in [-0.4, -0.2) is 31.8 Å². The van der Waals surface area contributed by atoms with Crippen molar-refractivity contribution in [1.29, 1.82) is 0 Å². The summed E-state index contributed by atoms with van der Waals surface area (Å²) in [5.41, 5.74) is 1.01. The number of hydrogen-bond acceptors (Lipinski definition) is 3. The highest BCUT2D eigenvalue weighted by Gasteiger charge is 2.03. The van der Waals surface area contributed by atoms with Crippen LogP contribution in [0, 0.1) is 6.92 Å². The lowest BCUT2D eigenvalue weighted by molar-refractivity contribution is 0.154. The molecule has 1 rings (SSSR count). The second-order valence-electron chi connectivity index (χ2n) is 3.36. The van der Waals surface area contributed by atoms with E-state index < -0.39 is 0 Å². The van der Waals surface area contributed by atoms with Crippen LogP contribution >= 0.6 is 15.9 Å². The van der Waals surface area contributed by atoms with Gasteiger partial charge < -0.3 is 9.64 Å². The smallest absolute Gasteiger partial charge is 0.128 e. The molecule has 0 aliphatic rings. The maximum Gasteiger partial charge on any atom is 0.128 e. The monoisotopic (exact) mass is 272 g/mol. The summed E-state index contributed by atoms with van der Waals surface area (Å²) in [5, 5.41) is 0. The quantitative estimate of drug-likeness (QED) is 0.771. The number of halogens is 1. The summed E-state index contributed by atoms with van der Waals surface area (Å²) >= 11 is 3.44. The van der Waals surface area contributed by atoms with E-state index >= 15 is 0 Å². The SMILES string of the molecule is CCOCCN(C)c1ccc(Br)c(C)n1. The van der Waals surface area contributed by atoms with Crippen LogP contribution in [0.15, 0.2) is 16.6 Å². The minimum Gasteiger partial charge on any atom is -0.380 e. The third-order valence-electron chi connectivity index (χ3n) is 2.17. The van der Waals surface area contributed by atoms with Crippen molar-refractivity contribution in [2.45, 2.75) is 13.8 Å². The zero-order chi connectivity index (χ0) is 11.3. The van der Waals surface area contributed by atoms with Gasteiger partial charge in [0.25, 0.3) is 0 Å². The third kappa shape index (κ3) is 3.80. The Kier molecular flexibility index (Phi) is 5.05. The molecular formula is C11H17BrN2O. The van der Waals surface area contributed by atoms with Gasteiger partial charge in [0.05, 0.1) is 12.3 Å². The molecule has 0 aromatic carbocycles. The molecule has 1 heterocycles. The molecule has 84 valence electrons. The molecular weight excluding hydrogens is 256 g/mol. The number of ether oxygens (including phenoxy) is 1. The number of hydrogen-bond donors (Lipinski definition) is 0. The van der Waals surface area contributed by atoms with Gasteiger partial charge in [0.1, 0.15) is 5.82 Å². The van der Waals surface area contributed by atoms with Gasteiger partial charge in [-0.1, -0.05) is 0 Å². The second kappa shape index (κ2) is 6.08. The Labute approximate surface area is 99.6 Å². The Hall–Kier alpha value is -0.610. The maximum absolute atomic E-state index is 5.30. The van der Waals surface area contributed by atoms with E-state index in [4.69, 9.17) is 4.74 Å². The normalized spacial score (nSPS) is 10.4. The van der Waals surface area contributed by atoms with Gasteiger partial charge in [-0.3, -0.25) is 0 Å². The molecule has 0 unspecified atom stereocenters. The van der Waals surface area contributed by atoms with Crippen LogP contribution in [0.3, 0.4) is 0 Å². The van der Waals surface area contributed by atoms with Crippen molar-refractivity contribution < 1.29 is 4.74 Å². The van der Waals surface area contributed by atoms with E-state index in [2.05, 4.69) is 25.8 Å². The van der Waals surface area contributed by atoms with Crippen molar-refractivity contribution in [3.8, 4) is 0 Å². The predicted octanol–water partition coefficient (Wildman–Crippen LogP) is 2.63. The van der Waals surface area contributed by atoms with Gasteiger partial charge >= 0.3 is 0 Å². The molecule has 0 radical (unpaired) electrons. The molecule has 0 saturated heterocycles. The summed E-state index contributed by atoms with van der Waals surface area (Å²) in [6.45, 7) is 6.36. The molecule has 0 amide bonds. The van der Waals surface area contributed by atoms with Crippen LogP contribution in [0.25, 0.3) is 0 Å². The molecule has 0 bridgehead atoms. The molecule has 0 aliphatic heterocycles. The predicted molar refractivity (Wildman–Crippen MR) is 66.4 cm³/mol. The summed E-state index contributed by atoms with van der Waals surface area (Å²) in [7, 11) is 2.02. The average molecular weight is 273 g/mol. The Balaban J connectivity index is 2.57. The number of anilines is 1. The van der Waals surface area contributed by atoms with Crippen LogP contribution in [0.1, 0.15) is 12.6 Å². The number of rotatable bonds is 5. The molecule has 4 heteroatoms. The zero-order valence-electron chi connectivity index (χ0n) is 9.46. The lowest BCUT2D eigenvalue weighted by atomic mass is 10.3. The van der Waals surface area contributed by atoms with Crippen LogP contribution in [-0.2, 0) is 4.74 Å². The highest BCUT2D eigenvalue weighted by Crippen LogP contribution is 2.17. The molecule has 1 aromatic heterocycles. The molecule has 0 atom stereocenters. The van der Waals surface area contributed by atoms with E-state index in [-0.39, 0.29) is 0 Å². The Bertz CT molecular complexity index is 317. The van der Waals surface area contributed by atoms with Crippen molar-refractivity contribution in [3.05, 3.63) is 22.3 Å². The minimum atomic E-state index is 0.740. The summed E-state index contributed by atoms with van der Waals surface area (Å²) in [5.74, 6) is 0.982. The number of nitrogens with zero attached hydrogens (tertiary/aromatic N) is 2.